The first-order chi connectivity index (χ1) is 6.35. The van der Waals surface area contributed by atoms with Crippen LogP contribution in [0.4, 0.5) is 0 Å². The van der Waals surface area contributed by atoms with Gasteiger partial charge in [-0.25, -0.2) is 0 Å². The summed E-state index contributed by atoms with van der Waals surface area (Å²) in [6, 6.07) is 7.53. The molecule has 2 nitrogen and oxygen atoms in total. The zero-order valence-corrected chi connectivity index (χ0v) is 8.95. The van der Waals surface area contributed by atoms with Crippen LogP contribution in [-0.4, -0.2) is 6.29 Å². The Bertz CT molecular complexity index is 445. The van der Waals surface area contributed by atoms with Gasteiger partial charge in [0.05, 0.1) is 9.99 Å². The molecule has 0 amide bonds. The highest BCUT2D eigenvalue weighted by Gasteiger charge is 2.05. The fourth-order valence-electron chi connectivity index (χ4n) is 1.30. The average Bonchev–Trinajstić information content (AvgIpc) is 2.59. The first-order valence-corrected chi connectivity index (χ1v) is 5.40. The molecular weight excluding hydrogens is 279 g/mol. The van der Waals surface area contributed by atoms with Gasteiger partial charge >= 0.3 is 0 Å². The largest absolute Gasteiger partial charge is 0.460 e. The molecule has 0 aliphatic rings. The molecule has 0 aliphatic carbocycles. The number of hydrogen-bond acceptors (Lipinski definition) is 2. The molecule has 0 unspecified atom stereocenters. The second kappa shape index (κ2) is 3.49. The van der Waals surface area contributed by atoms with Gasteiger partial charge < -0.3 is 4.42 Å². The molecule has 0 radical (unpaired) electrons. The fraction of sp³-hybridized carbons (Fsp3) is 0.100. The van der Waals surface area contributed by atoms with Crippen molar-refractivity contribution >= 4 is 39.8 Å². The third-order valence-corrected chi connectivity index (χ3v) is 2.64. The van der Waals surface area contributed by atoms with E-state index in [9.17, 15) is 4.79 Å². The highest BCUT2D eigenvalue weighted by molar-refractivity contribution is 14.1. The van der Waals surface area contributed by atoms with Gasteiger partial charge in [-0.3, -0.25) is 4.79 Å². The van der Waals surface area contributed by atoms with Gasteiger partial charge in [-0.05, 0) is 12.1 Å². The lowest BCUT2D eigenvalue weighted by Crippen LogP contribution is -1.77. The lowest BCUT2D eigenvalue weighted by Gasteiger charge is -1.90. The smallest absolute Gasteiger partial charge is 0.153 e. The van der Waals surface area contributed by atoms with Gasteiger partial charge in [0.2, 0.25) is 0 Å². The zero-order valence-electron chi connectivity index (χ0n) is 6.79. The summed E-state index contributed by atoms with van der Waals surface area (Å²) in [5.41, 5.74) is 1.32. The first kappa shape index (κ1) is 8.74. The zero-order chi connectivity index (χ0) is 9.26. The molecule has 0 bridgehead atoms. The number of hydrogen-bond donors (Lipinski definition) is 0. The summed E-state index contributed by atoms with van der Waals surface area (Å²) in [6.45, 7) is 0. The van der Waals surface area contributed by atoms with E-state index in [0.717, 1.165) is 21.9 Å². The van der Waals surface area contributed by atoms with Crippen molar-refractivity contribution in [2.75, 3.05) is 0 Å². The molecule has 0 fully saturated rings. The van der Waals surface area contributed by atoms with Crippen LogP contribution in [0, 0.1) is 0 Å². The van der Waals surface area contributed by atoms with Crippen LogP contribution in [0.2, 0.25) is 0 Å². The molecule has 0 aliphatic heterocycles. The number of furan rings is 1. The molecule has 3 heteroatoms. The molecule has 0 saturated heterocycles. The van der Waals surface area contributed by atoms with Crippen molar-refractivity contribution in [1.82, 2.24) is 0 Å². The maximum absolute atomic E-state index is 10.7. The van der Waals surface area contributed by atoms with E-state index < -0.39 is 0 Å². The van der Waals surface area contributed by atoms with Crippen molar-refractivity contribution in [2.45, 2.75) is 4.43 Å². The van der Waals surface area contributed by atoms with Gasteiger partial charge in [-0.15, -0.1) is 0 Å². The van der Waals surface area contributed by atoms with Gasteiger partial charge in [0.15, 0.2) is 6.29 Å². The number of para-hydroxylation sites is 1. The second-order valence-electron chi connectivity index (χ2n) is 2.73. The minimum atomic E-state index is 0.619. The number of rotatable bonds is 2. The van der Waals surface area contributed by atoms with Gasteiger partial charge in [-0.1, -0.05) is 34.7 Å². The second-order valence-corrected chi connectivity index (χ2v) is 3.49. The number of aldehydes is 1. The van der Waals surface area contributed by atoms with Crippen LogP contribution in [0.25, 0.3) is 11.0 Å². The highest BCUT2D eigenvalue weighted by atomic mass is 127. The molecule has 0 atom stereocenters. The van der Waals surface area contributed by atoms with Crippen molar-refractivity contribution in [1.29, 1.82) is 0 Å². The van der Waals surface area contributed by atoms with E-state index in [1.54, 1.807) is 6.07 Å². The molecule has 2 aromatic rings. The maximum atomic E-state index is 10.7. The Morgan fingerprint density at radius 3 is 3.00 bits per heavy atom. The fourth-order valence-corrected chi connectivity index (χ4v) is 1.67. The molecule has 66 valence electrons. The minimum absolute atomic E-state index is 0.619. The van der Waals surface area contributed by atoms with E-state index in [0.29, 0.717) is 11.1 Å². The van der Waals surface area contributed by atoms with E-state index in [4.69, 9.17) is 4.42 Å². The van der Waals surface area contributed by atoms with Gasteiger partial charge in [0, 0.05) is 5.39 Å². The van der Waals surface area contributed by atoms with Crippen molar-refractivity contribution in [3.05, 3.63) is 35.6 Å². The molecule has 2 rings (SSSR count). The van der Waals surface area contributed by atoms with E-state index in [1.807, 2.05) is 18.2 Å². The Hall–Kier alpha value is -0.840. The van der Waals surface area contributed by atoms with E-state index in [1.165, 1.54) is 0 Å². The maximum Gasteiger partial charge on any atom is 0.153 e. The minimum Gasteiger partial charge on any atom is -0.460 e. The molecule has 1 heterocycles. The lowest BCUT2D eigenvalue weighted by molar-refractivity contribution is 0.112. The number of alkyl halides is 1. The van der Waals surface area contributed by atoms with Gasteiger partial charge in [0.1, 0.15) is 11.3 Å². The molecule has 0 spiro atoms. The van der Waals surface area contributed by atoms with Crippen LogP contribution in [0.1, 0.15) is 16.1 Å². The third-order valence-electron chi connectivity index (χ3n) is 1.88. The summed E-state index contributed by atoms with van der Waals surface area (Å²) in [5.74, 6) is 0.907. The number of fused-ring (bicyclic) bond motifs is 1. The van der Waals surface area contributed by atoms with E-state index in [-0.39, 0.29) is 0 Å². The normalized spacial score (nSPS) is 10.5. The molecule has 1 aromatic heterocycles. The third kappa shape index (κ3) is 1.48. The first-order valence-electron chi connectivity index (χ1n) is 3.87. The number of carbonyl (C=O) groups is 1. The van der Waals surface area contributed by atoms with E-state index >= 15 is 0 Å². The van der Waals surface area contributed by atoms with Gasteiger partial charge in [0.25, 0.3) is 0 Å². The number of halogens is 1. The van der Waals surface area contributed by atoms with Crippen molar-refractivity contribution < 1.29 is 9.21 Å². The summed E-state index contributed by atoms with van der Waals surface area (Å²) in [6.07, 6.45) is 0.822. The molecule has 0 N–H and O–H groups in total. The Labute approximate surface area is 89.1 Å². The van der Waals surface area contributed by atoms with Crippen molar-refractivity contribution in [2.24, 2.45) is 0 Å². The Balaban J connectivity index is 2.74. The Morgan fingerprint density at radius 2 is 2.31 bits per heavy atom. The van der Waals surface area contributed by atoms with Crippen molar-refractivity contribution in [3.63, 3.8) is 0 Å². The average molecular weight is 286 g/mol. The van der Waals surface area contributed by atoms with Crippen LogP contribution >= 0.6 is 22.6 Å². The SMILES string of the molecule is O=Cc1cccc2cc(CI)oc12. The molecule has 1 aromatic carbocycles. The highest BCUT2D eigenvalue weighted by Crippen LogP contribution is 2.23. The Morgan fingerprint density at radius 1 is 1.46 bits per heavy atom. The molecular formula is C10H7IO2. The quantitative estimate of drug-likeness (QED) is 0.482. The summed E-state index contributed by atoms with van der Waals surface area (Å²) >= 11 is 2.23. The van der Waals surface area contributed by atoms with E-state index in [2.05, 4.69) is 22.6 Å². The summed E-state index contributed by atoms with van der Waals surface area (Å²) in [7, 11) is 0. The van der Waals surface area contributed by atoms with Gasteiger partial charge in [-0.2, -0.15) is 0 Å². The van der Waals surface area contributed by atoms with Crippen LogP contribution < -0.4 is 0 Å². The predicted octanol–water partition coefficient (Wildman–Crippen LogP) is 3.18. The topological polar surface area (TPSA) is 30.2 Å². The van der Waals surface area contributed by atoms with Crippen LogP contribution in [-0.2, 0) is 4.43 Å². The number of benzene rings is 1. The summed E-state index contributed by atoms with van der Waals surface area (Å²) in [5, 5.41) is 0.997. The van der Waals surface area contributed by atoms with Crippen molar-refractivity contribution in [3.8, 4) is 0 Å². The lowest BCUT2D eigenvalue weighted by atomic mass is 10.2. The van der Waals surface area contributed by atoms with Crippen LogP contribution in [0.15, 0.2) is 28.7 Å². The standard InChI is InChI=1S/C10H7IO2/c11-5-9-4-7-2-1-3-8(6-12)10(7)13-9/h1-4,6H,5H2. The molecule has 0 saturated carbocycles. The molecule has 13 heavy (non-hydrogen) atoms. The monoisotopic (exact) mass is 286 g/mol. The predicted molar refractivity (Wildman–Crippen MR) is 59.3 cm³/mol. The van der Waals surface area contributed by atoms with Crippen LogP contribution in [0.5, 0.6) is 0 Å². The summed E-state index contributed by atoms with van der Waals surface area (Å²) < 4.78 is 6.32. The number of carbonyl (C=O) groups excluding carboxylic acids is 1. The Kier molecular flexibility index (Phi) is 2.35. The van der Waals surface area contributed by atoms with Crippen LogP contribution in [0.3, 0.4) is 0 Å². The summed E-state index contributed by atoms with van der Waals surface area (Å²) in [4.78, 5) is 10.7.